The van der Waals surface area contributed by atoms with Crippen molar-refractivity contribution in [1.82, 2.24) is 20.2 Å². The zero-order valence-corrected chi connectivity index (χ0v) is 18.8. The first-order chi connectivity index (χ1) is 16.0. The number of nitrogens with zero attached hydrogens (tertiary/aromatic N) is 3. The standard InChI is InChI=1S/C27H26N4O2/c1-17-18(2)29-25-16-20(10-11-24(25)28-17)27(33)31-14-12-21(13-15-31)30-26(32)23-9-5-7-19-6-3-4-8-22(19)23/h3-11,16,21H,12-15H2,1-2H3,(H,30,32). The Morgan fingerprint density at radius 2 is 1.58 bits per heavy atom. The summed E-state index contributed by atoms with van der Waals surface area (Å²) >= 11 is 0. The Hall–Kier alpha value is -3.80. The number of nitrogens with one attached hydrogen (secondary N) is 1. The lowest BCUT2D eigenvalue weighted by atomic mass is 10.0. The lowest BCUT2D eigenvalue weighted by Crippen LogP contribution is -2.46. The Labute approximate surface area is 192 Å². The summed E-state index contributed by atoms with van der Waals surface area (Å²) in [6.45, 7) is 5.07. The molecule has 1 fully saturated rings. The normalized spacial score (nSPS) is 14.5. The fourth-order valence-electron chi connectivity index (χ4n) is 4.46. The number of aromatic nitrogens is 2. The minimum Gasteiger partial charge on any atom is -0.349 e. The van der Waals surface area contributed by atoms with Gasteiger partial charge in [-0.05, 0) is 61.7 Å². The molecule has 6 heteroatoms. The van der Waals surface area contributed by atoms with E-state index in [1.807, 2.05) is 79.4 Å². The molecule has 6 nitrogen and oxygen atoms in total. The third-order valence-electron chi connectivity index (χ3n) is 6.47. The zero-order chi connectivity index (χ0) is 22.9. The van der Waals surface area contributed by atoms with Crippen LogP contribution in [0.1, 0.15) is 44.9 Å². The predicted octanol–water partition coefficient (Wildman–Crippen LogP) is 4.43. The zero-order valence-electron chi connectivity index (χ0n) is 18.8. The van der Waals surface area contributed by atoms with E-state index < -0.39 is 0 Å². The maximum Gasteiger partial charge on any atom is 0.253 e. The van der Waals surface area contributed by atoms with Crippen LogP contribution in [0.2, 0.25) is 0 Å². The van der Waals surface area contributed by atoms with Gasteiger partial charge in [-0.15, -0.1) is 0 Å². The molecule has 3 aromatic carbocycles. The van der Waals surface area contributed by atoms with Gasteiger partial charge in [-0.1, -0.05) is 36.4 Å². The summed E-state index contributed by atoms with van der Waals surface area (Å²) in [5, 5.41) is 5.17. The van der Waals surface area contributed by atoms with Crippen LogP contribution >= 0.6 is 0 Å². The molecule has 0 saturated carbocycles. The third kappa shape index (κ3) is 4.16. The van der Waals surface area contributed by atoms with Gasteiger partial charge in [0.05, 0.1) is 22.4 Å². The summed E-state index contributed by atoms with van der Waals surface area (Å²) in [5.74, 6) is -0.0638. The quantitative estimate of drug-likeness (QED) is 0.513. The summed E-state index contributed by atoms with van der Waals surface area (Å²) in [4.78, 5) is 37.0. The van der Waals surface area contributed by atoms with Crippen LogP contribution in [0.25, 0.3) is 21.8 Å². The molecule has 5 rings (SSSR count). The van der Waals surface area contributed by atoms with Crippen LogP contribution in [-0.2, 0) is 0 Å². The monoisotopic (exact) mass is 438 g/mol. The van der Waals surface area contributed by atoms with Crippen LogP contribution in [0.3, 0.4) is 0 Å². The summed E-state index contributed by atoms with van der Waals surface area (Å²) in [6.07, 6.45) is 1.46. The van der Waals surface area contributed by atoms with Crippen LogP contribution < -0.4 is 5.32 Å². The smallest absolute Gasteiger partial charge is 0.253 e. The van der Waals surface area contributed by atoms with Crippen molar-refractivity contribution in [2.24, 2.45) is 0 Å². The van der Waals surface area contributed by atoms with Gasteiger partial charge < -0.3 is 10.2 Å². The molecule has 1 saturated heterocycles. The average molecular weight is 439 g/mol. The molecule has 1 N–H and O–H groups in total. The number of amides is 2. The first-order valence-electron chi connectivity index (χ1n) is 11.3. The minimum atomic E-state index is -0.0599. The second-order valence-electron chi connectivity index (χ2n) is 8.66. The van der Waals surface area contributed by atoms with Gasteiger partial charge in [-0.3, -0.25) is 9.59 Å². The van der Waals surface area contributed by atoms with Gasteiger partial charge in [0.15, 0.2) is 0 Å². The van der Waals surface area contributed by atoms with Crippen LogP contribution in [0.4, 0.5) is 0 Å². The molecule has 2 amide bonds. The summed E-state index contributed by atoms with van der Waals surface area (Å²) < 4.78 is 0. The topological polar surface area (TPSA) is 75.2 Å². The molecule has 0 unspecified atom stereocenters. The first kappa shape index (κ1) is 21.1. The lowest BCUT2D eigenvalue weighted by molar-refractivity contribution is 0.0698. The summed E-state index contributed by atoms with van der Waals surface area (Å²) in [7, 11) is 0. The van der Waals surface area contributed by atoms with E-state index >= 15 is 0 Å². The molecule has 2 heterocycles. The molecule has 0 radical (unpaired) electrons. The van der Waals surface area contributed by atoms with Crippen LogP contribution in [0.5, 0.6) is 0 Å². The molecule has 0 spiro atoms. The summed E-state index contributed by atoms with van der Waals surface area (Å²) in [5.41, 5.74) is 4.61. The fourth-order valence-corrected chi connectivity index (χ4v) is 4.46. The Morgan fingerprint density at radius 3 is 2.36 bits per heavy atom. The minimum absolute atomic E-state index is 0.00393. The molecule has 166 valence electrons. The van der Waals surface area contributed by atoms with Gasteiger partial charge in [0.25, 0.3) is 11.8 Å². The van der Waals surface area contributed by atoms with Crippen molar-refractivity contribution in [3.63, 3.8) is 0 Å². The Kier molecular flexibility index (Phi) is 5.50. The van der Waals surface area contributed by atoms with Crippen molar-refractivity contribution in [3.8, 4) is 0 Å². The van der Waals surface area contributed by atoms with Crippen LogP contribution in [-0.4, -0.2) is 45.8 Å². The van der Waals surface area contributed by atoms with Crippen molar-refractivity contribution < 1.29 is 9.59 Å². The van der Waals surface area contributed by atoms with Gasteiger partial charge >= 0.3 is 0 Å². The van der Waals surface area contributed by atoms with Crippen molar-refractivity contribution >= 4 is 33.6 Å². The number of aryl methyl sites for hydroxylation is 2. The summed E-state index contributed by atoms with van der Waals surface area (Å²) in [6, 6.07) is 19.3. The molecular weight excluding hydrogens is 412 g/mol. The Balaban J connectivity index is 1.24. The second kappa shape index (κ2) is 8.62. The van der Waals surface area contributed by atoms with E-state index in [1.165, 1.54) is 0 Å². The number of hydrogen-bond acceptors (Lipinski definition) is 4. The number of fused-ring (bicyclic) bond motifs is 2. The molecular formula is C27H26N4O2. The highest BCUT2D eigenvalue weighted by Gasteiger charge is 2.25. The molecule has 0 atom stereocenters. The van der Waals surface area contributed by atoms with Crippen molar-refractivity contribution in [3.05, 3.63) is 83.2 Å². The highest BCUT2D eigenvalue weighted by Crippen LogP contribution is 2.21. The van der Waals surface area contributed by atoms with Crippen molar-refractivity contribution in [2.45, 2.75) is 32.7 Å². The van der Waals surface area contributed by atoms with Gasteiger partial charge in [0, 0.05) is 30.3 Å². The van der Waals surface area contributed by atoms with E-state index in [0.717, 1.165) is 46.0 Å². The van der Waals surface area contributed by atoms with E-state index in [-0.39, 0.29) is 17.9 Å². The number of rotatable bonds is 3. The van der Waals surface area contributed by atoms with E-state index in [4.69, 9.17) is 0 Å². The molecule has 1 aromatic heterocycles. The molecule has 1 aliphatic heterocycles. The number of hydrogen-bond donors (Lipinski definition) is 1. The average Bonchev–Trinajstić information content (AvgIpc) is 2.84. The SMILES string of the molecule is Cc1nc2ccc(C(=O)N3CCC(NC(=O)c4cccc5ccccc45)CC3)cc2nc1C. The van der Waals surface area contributed by atoms with Gasteiger partial charge in [-0.25, -0.2) is 9.97 Å². The fraction of sp³-hybridized carbons (Fsp3) is 0.259. The number of likely N-dealkylation sites (tertiary alicyclic amines) is 1. The third-order valence-corrected chi connectivity index (χ3v) is 6.47. The second-order valence-corrected chi connectivity index (χ2v) is 8.66. The maximum absolute atomic E-state index is 13.1. The van der Waals surface area contributed by atoms with Crippen LogP contribution in [0, 0.1) is 13.8 Å². The number of benzene rings is 3. The first-order valence-corrected chi connectivity index (χ1v) is 11.3. The van der Waals surface area contributed by atoms with E-state index in [2.05, 4.69) is 15.3 Å². The Morgan fingerprint density at radius 1 is 0.879 bits per heavy atom. The van der Waals surface area contributed by atoms with Crippen LogP contribution in [0.15, 0.2) is 60.7 Å². The number of carbonyl (C=O) groups excluding carboxylic acids is 2. The highest BCUT2D eigenvalue weighted by molar-refractivity contribution is 6.07. The number of carbonyl (C=O) groups is 2. The van der Waals surface area contributed by atoms with Gasteiger partial charge in [0.1, 0.15) is 0 Å². The van der Waals surface area contributed by atoms with Crippen molar-refractivity contribution in [1.29, 1.82) is 0 Å². The molecule has 4 aromatic rings. The number of piperidine rings is 1. The van der Waals surface area contributed by atoms with E-state index in [0.29, 0.717) is 24.2 Å². The van der Waals surface area contributed by atoms with E-state index in [9.17, 15) is 9.59 Å². The van der Waals surface area contributed by atoms with Gasteiger partial charge in [-0.2, -0.15) is 0 Å². The lowest BCUT2D eigenvalue weighted by Gasteiger charge is -2.32. The predicted molar refractivity (Wildman–Crippen MR) is 129 cm³/mol. The maximum atomic E-state index is 13.1. The molecule has 1 aliphatic rings. The van der Waals surface area contributed by atoms with Crippen molar-refractivity contribution in [2.75, 3.05) is 13.1 Å². The molecule has 0 aliphatic carbocycles. The van der Waals surface area contributed by atoms with E-state index in [1.54, 1.807) is 0 Å². The van der Waals surface area contributed by atoms with Gasteiger partial charge in [0.2, 0.25) is 0 Å². The molecule has 33 heavy (non-hydrogen) atoms. The highest BCUT2D eigenvalue weighted by atomic mass is 16.2. The largest absolute Gasteiger partial charge is 0.349 e. The molecule has 0 bridgehead atoms. The Bertz CT molecular complexity index is 1370.